The van der Waals surface area contributed by atoms with Crippen molar-refractivity contribution >= 4 is 17.3 Å². The van der Waals surface area contributed by atoms with Gasteiger partial charge in [-0.15, -0.1) is 0 Å². The second kappa shape index (κ2) is 5.84. The highest BCUT2D eigenvalue weighted by molar-refractivity contribution is 5.90. The number of nitro groups is 1. The number of halogens is 3. The second-order valence-corrected chi connectivity index (χ2v) is 4.25. The van der Waals surface area contributed by atoms with Crippen molar-refractivity contribution in [1.29, 1.82) is 0 Å². The van der Waals surface area contributed by atoms with Gasteiger partial charge in [-0.25, -0.2) is 0 Å². The van der Waals surface area contributed by atoms with Gasteiger partial charge in [0.2, 0.25) is 5.91 Å². The zero-order valence-corrected chi connectivity index (χ0v) is 10.9. The molecule has 0 saturated heterocycles. The van der Waals surface area contributed by atoms with Crippen LogP contribution in [0.1, 0.15) is 5.69 Å². The minimum absolute atomic E-state index is 0.169. The Hall–Kier alpha value is -2.91. The first-order valence-electron chi connectivity index (χ1n) is 5.90. The Kier molecular flexibility index (Phi) is 4.11. The molecule has 0 bridgehead atoms. The summed E-state index contributed by atoms with van der Waals surface area (Å²) in [4.78, 5) is 21.7. The van der Waals surface area contributed by atoms with Crippen LogP contribution in [-0.2, 0) is 17.5 Å². The standard InChI is InChI=1S/C12H9F3N4O3/c13-12(14,15)10-4-5-18(17-10)7-11(20)16-8-2-1-3-9(6-8)19(21)22/h1-6H,7H2,(H,16,20). The Morgan fingerprint density at radius 1 is 1.36 bits per heavy atom. The summed E-state index contributed by atoms with van der Waals surface area (Å²) in [6.07, 6.45) is -3.56. The summed E-state index contributed by atoms with van der Waals surface area (Å²) in [6.45, 7) is -0.446. The van der Waals surface area contributed by atoms with Crippen LogP contribution in [0.25, 0.3) is 0 Å². The van der Waals surface area contributed by atoms with Crippen molar-refractivity contribution in [1.82, 2.24) is 9.78 Å². The number of anilines is 1. The van der Waals surface area contributed by atoms with E-state index < -0.39 is 29.2 Å². The molecule has 116 valence electrons. The van der Waals surface area contributed by atoms with E-state index in [4.69, 9.17) is 0 Å². The Balaban J connectivity index is 2.03. The van der Waals surface area contributed by atoms with Gasteiger partial charge in [0.15, 0.2) is 5.69 Å². The molecular formula is C12H9F3N4O3. The predicted octanol–water partition coefficient (Wildman–Crippen LogP) is 2.45. The number of benzene rings is 1. The van der Waals surface area contributed by atoms with E-state index in [0.29, 0.717) is 0 Å². The third-order valence-corrected chi connectivity index (χ3v) is 2.58. The zero-order valence-electron chi connectivity index (χ0n) is 10.9. The van der Waals surface area contributed by atoms with Gasteiger partial charge in [-0.3, -0.25) is 19.6 Å². The van der Waals surface area contributed by atoms with Crippen molar-refractivity contribution in [3.05, 3.63) is 52.3 Å². The van der Waals surface area contributed by atoms with Crippen LogP contribution in [0.4, 0.5) is 24.5 Å². The topological polar surface area (TPSA) is 90.1 Å². The Morgan fingerprint density at radius 3 is 2.68 bits per heavy atom. The number of carbonyl (C=O) groups excluding carboxylic acids is 1. The molecule has 2 rings (SSSR count). The Morgan fingerprint density at radius 2 is 2.09 bits per heavy atom. The maximum absolute atomic E-state index is 12.4. The number of rotatable bonds is 4. The number of hydrogen-bond donors (Lipinski definition) is 1. The number of amides is 1. The predicted molar refractivity (Wildman–Crippen MR) is 69.0 cm³/mol. The van der Waals surface area contributed by atoms with Crippen LogP contribution >= 0.6 is 0 Å². The average molecular weight is 314 g/mol. The highest BCUT2D eigenvalue weighted by Crippen LogP contribution is 2.27. The number of hydrogen-bond acceptors (Lipinski definition) is 4. The van der Waals surface area contributed by atoms with Gasteiger partial charge in [0.1, 0.15) is 6.54 Å². The van der Waals surface area contributed by atoms with E-state index in [2.05, 4.69) is 10.4 Å². The molecule has 0 saturated carbocycles. The molecule has 22 heavy (non-hydrogen) atoms. The molecule has 0 aliphatic heterocycles. The van der Waals surface area contributed by atoms with Gasteiger partial charge in [-0.05, 0) is 12.1 Å². The minimum Gasteiger partial charge on any atom is -0.324 e. The van der Waals surface area contributed by atoms with Gasteiger partial charge >= 0.3 is 6.18 Å². The fourth-order valence-corrected chi connectivity index (χ4v) is 1.65. The zero-order chi connectivity index (χ0) is 16.3. The summed E-state index contributed by atoms with van der Waals surface area (Å²) in [7, 11) is 0. The fourth-order valence-electron chi connectivity index (χ4n) is 1.65. The SMILES string of the molecule is O=C(Cn1ccc(C(F)(F)F)n1)Nc1cccc([N+](=O)[O-])c1. The summed E-state index contributed by atoms with van der Waals surface area (Å²) in [5.41, 5.74) is -1.14. The molecule has 0 fully saturated rings. The number of non-ortho nitro benzene ring substituents is 1. The van der Waals surface area contributed by atoms with Gasteiger partial charge in [0, 0.05) is 24.0 Å². The molecule has 1 aromatic heterocycles. The second-order valence-electron chi connectivity index (χ2n) is 4.25. The number of carbonyl (C=O) groups is 1. The Labute approximate surface area is 121 Å². The first kappa shape index (κ1) is 15.5. The summed E-state index contributed by atoms with van der Waals surface area (Å²) >= 11 is 0. The lowest BCUT2D eigenvalue weighted by Crippen LogP contribution is -2.19. The van der Waals surface area contributed by atoms with Crippen LogP contribution in [0.15, 0.2) is 36.5 Å². The molecule has 0 aliphatic rings. The molecule has 0 aliphatic carbocycles. The highest BCUT2D eigenvalue weighted by atomic mass is 19.4. The van der Waals surface area contributed by atoms with Crippen molar-refractivity contribution in [3.8, 4) is 0 Å². The lowest BCUT2D eigenvalue weighted by molar-refractivity contribution is -0.384. The van der Waals surface area contributed by atoms with E-state index in [-0.39, 0.29) is 11.4 Å². The largest absolute Gasteiger partial charge is 0.435 e. The van der Waals surface area contributed by atoms with Crippen molar-refractivity contribution in [3.63, 3.8) is 0 Å². The van der Waals surface area contributed by atoms with E-state index >= 15 is 0 Å². The normalized spacial score (nSPS) is 11.2. The van der Waals surface area contributed by atoms with Gasteiger partial charge < -0.3 is 5.32 Å². The quantitative estimate of drug-likeness (QED) is 0.693. The molecule has 1 heterocycles. The first-order chi connectivity index (χ1) is 10.3. The van der Waals surface area contributed by atoms with Crippen LogP contribution in [0.5, 0.6) is 0 Å². The van der Waals surface area contributed by atoms with Gasteiger partial charge in [0.05, 0.1) is 4.92 Å². The molecule has 0 spiro atoms. The smallest absolute Gasteiger partial charge is 0.324 e. The van der Waals surface area contributed by atoms with Crippen LogP contribution in [0, 0.1) is 10.1 Å². The van der Waals surface area contributed by atoms with E-state index in [1.165, 1.54) is 18.2 Å². The van der Waals surface area contributed by atoms with Crippen molar-refractivity contribution in [2.45, 2.75) is 12.7 Å². The number of nitro benzene ring substituents is 1. The van der Waals surface area contributed by atoms with E-state index in [1.54, 1.807) is 0 Å². The van der Waals surface area contributed by atoms with Gasteiger partial charge in [-0.2, -0.15) is 18.3 Å². The highest BCUT2D eigenvalue weighted by Gasteiger charge is 2.33. The number of nitrogens with zero attached hydrogens (tertiary/aromatic N) is 3. The lowest BCUT2D eigenvalue weighted by Gasteiger charge is -2.05. The van der Waals surface area contributed by atoms with Crippen molar-refractivity contribution < 1.29 is 22.9 Å². The van der Waals surface area contributed by atoms with E-state index in [0.717, 1.165) is 23.0 Å². The van der Waals surface area contributed by atoms with Gasteiger partial charge in [0.25, 0.3) is 5.69 Å². The lowest BCUT2D eigenvalue weighted by atomic mass is 10.3. The summed E-state index contributed by atoms with van der Waals surface area (Å²) in [6, 6.07) is 5.94. The number of alkyl halides is 3. The Bertz CT molecular complexity index is 712. The van der Waals surface area contributed by atoms with E-state index in [1.807, 2.05) is 0 Å². The number of nitrogens with one attached hydrogen (secondary N) is 1. The van der Waals surface area contributed by atoms with Crippen molar-refractivity contribution in [2.24, 2.45) is 0 Å². The third kappa shape index (κ3) is 3.81. The van der Waals surface area contributed by atoms with Crippen LogP contribution in [-0.4, -0.2) is 20.6 Å². The molecule has 2 aromatic rings. The van der Waals surface area contributed by atoms with E-state index in [9.17, 15) is 28.1 Å². The summed E-state index contributed by atoms with van der Waals surface area (Å²) in [5.74, 6) is -0.655. The van der Waals surface area contributed by atoms with Crippen molar-refractivity contribution in [2.75, 3.05) is 5.32 Å². The van der Waals surface area contributed by atoms with Crippen LogP contribution < -0.4 is 5.32 Å². The molecule has 10 heteroatoms. The maximum Gasteiger partial charge on any atom is 0.435 e. The molecule has 0 unspecified atom stereocenters. The minimum atomic E-state index is -4.58. The van der Waals surface area contributed by atoms with Crippen LogP contribution in [0.3, 0.4) is 0 Å². The molecule has 0 radical (unpaired) electrons. The molecular weight excluding hydrogens is 305 g/mol. The summed E-state index contributed by atoms with van der Waals surface area (Å²) in [5, 5.41) is 16.2. The number of aromatic nitrogens is 2. The summed E-state index contributed by atoms with van der Waals surface area (Å²) < 4.78 is 37.9. The first-order valence-corrected chi connectivity index (χ1v) is 5.90. The monoisotopic (exact) mass is 314 g/mol. The van der Waals surface area contributed by atoms with Crippen LogP contribution in [0.2, 0.25) is 0 Å². The molecule has 1 N–H and O–H groups in total. The fraction of sp³-hybridized carbons (Fsp3) is 0.167. The molecule has 0 atom stereocenters. The molecule has 1 amide bonds. The van der Waals surface area contributed by atoms with Gasteiger partial charge in [-0.1, -0.05) is 6.07 Å². The maximum atomic E-state index is 12.4. The third-order valence-electron chi connectivity index (χ3n) is 2.58. The molecule has 1 aromatic carbocycles. The molecule has 7 nitrogen and oxygen atoms in total. The average Bonchev–Trinajstić information content (AvgIpc) is 2.87.